The van der Waals surface area contributed by atoms with Gasteiger partial charge in [0.1, 0.15) is 6.04 Å². The number of carbonyl (C=O) groups is 1. The van der Waals surface area contributed by atoms with Gasteiger partial charge in [0, 0.05) is 6.04 Å². The van der Waals surface area contributed by atoms with E-state index in [1.165, 1.54) is 0 Å². The number of hydrogen-bond acceptors (Lipinski definition) is 3. The van der Waals surface area contributed by atoms with Gasteiger partial charge in [-0.1, -0.05) is 43.7 Å². The molecule has 0 spiro atoms. The molecule has 4 nitrogen and oxygen atoms in total. The summed E-state index contributed by atoms with van der Waals surface area (Å²) in [5.74, 6) is -0.871. The van der Waals surface area contributed by atoms with E-state index in [1.807, 2.05) is 37.3 Å². The Morgan fingerprint density at radius 2 is 1.94 bits per heavy atom. The lowest BCUT2D eigenvalue weighted by molar-refractivity contribution is -0.140. The molecule has 0 fully saturated rings. The van der Waals surface area contributed by atoms with Gasteiger partial charge in [-0.3, -0.25) is 10.1 Å². The van der Waals surface area contributed by atoms with E-state index in [9.17, 15) is 9.90 Å². The molecule has 0 heterocycles. The second-order valence-corrected chi connectivity index (χ2v) is 4.49. The summed E-state index contributed by atoms with van der Waals surface area (Å²) in [4.78, 5) is 11.0. The quantitative estimate of drug-likeness (QED) is 0.693. The first kappa shape index (κ1) is 14.7. The van der Waals surface area contributed by atoms with Crippen LogP contribution in [0.1, 0.15) is 38.4 Å². The van der Waals surface area contributed by atoms with Crippen LogP contribution in [0.5, 0.6) is 0 Å². The van der Waals surface area contributed by atoms with Crippen LogP contribution >= 0.6 is 0 Å². The number of aliphatic hydroxyl groups excluding tert-OH is 1. The van der Waals surface area contributed by atoms with E-state index in [1.54, 1.807) is 6.92 Å². The van der Waals surface area contributed by atoms with E-state index in [-0.39, 0.29) is 6.04 Å². The number of rotatable bonds is 7. The van der Waals surface area contributed by atoms with Gasteiger partial charge in [0.2, 0.25) is 0 Å². The summed E-state index contributed by atoms with van der Waals surface area (Å²) in [6.45, 7) is 3.74. The van der Waals surface area contributed by atoms with E-state index in [4.69, 9.17) is 5.11 Å². The van der Waals surface area contributed by atoms with Crippen molar-refractivity contribution in [1.29, 1.82) is 0 Å². The maximum atomic E-state index is 11.0. The topological polar surface area (TPSA) is 69.6 Å². The van der Waals surface area contributed by atoms with Crippen LogP contribution in [0.25, 0.3) is 0 Å². The Hall–Kier alpha value is -1.39. The fourth-order valence-corrected chi connectivity index (χ4v) is 1.91. The van der Waals surface area contributed by atoms with Gasteiger partial charge in [0.15, 0.2) is 0 Å². The van der Waals surface area contributed by atoms with E-state index >= 15 is 0 Å². The molecule has 0 aliphatic rings. The number of nitrogens with one attached hydrogen (secondary N) is 1. The van der Waals surface area contributed by atoms with Gasteiger partial charge < -0.3 is 10.2 Å². The van der Waals surface area contributed by atoms with Crippen LogP contribution in [0.4, 0.5) is 0 Å². The average Bonchev–Trinajstić information content (AvgIpc) is 2.38. The zero-order valence-electron chi connectivity index (χ0n) is 10.8. The molecule has 0 bridgehead atoms. The molecule has 18 heavy (non-hydrogen) atoms. The van der Waals surface area contributed by atoms with Gasteiger partial charge in [-0.15, -0.1) is 0 Å². The van der Waals surface area contributed by atoms with Crippen molar-refractivity contribution in [2.45, 2.75) is 44.9 Å². The number of benzene rings is 1. The first-order chi connectivity index (χ1) is 8.56. The highest BCUT2D eigenvalue weighted by Gasteiger charge is 2.23. The van der Waals surface area contributed by atoms with Crippen molar-refractivity contribution in [3.8, 4) is 0 Å². The first-order valence-electron chi connectivity index (χ1n) is 6.28. The average molecular weight is 251 g/mol. The summed E-state index contributed by atoms with van der Waals surface area (Å²) in [5.41, 5.74) is 0.790. The summed E-state index contributed by atoms with van der Waals surface area (Å²) in [6.07, 6.45) is 0.643. The normalized spacial score (nSPS) is 15.9. The smallest absolute Gasteiger partial charge is 0.320 e. The van der Waals surface area contributed by atoms with E-state index in [0.717, 1.165) is 12.0 Å². The van der Waals surface area contributed by atoms with Crippen molar-refractivity contribution in [2.24, 2.45) is 0 Å². The monoisotopic (exact) mass is 251 g/mol. The van der Waals surface area contributed by atoms with E-state index < -0.39 is 18.1 Å². The minimum Gasteiger partial charge on any atom is -0.480 e. The predicted molar refractivity (Wildman–Crippen MR) is 70.3 cm³/mol. The van der Waals surface area contributed by atoms with Crippen molar-refractivity contribution in [3.63, 3.8) is 0 Å². The SMILES string of the molecule is CCCC(NC(C)C(O)c1ccccc1)C(=O)O. The molecule has 3 atom stereocenters. The lowest BCUT2D eigenvalue weighted by Gasteiger charge is -2.24. The molecule has 0 aromatic heterocycles. The van der Waals surface area contributed by atoms with Crippen molar-refractivity contribution in [2.75, 3.05) is 0 Å². The van der Waals surface area contributed by atoms with Gasteiger partial charge in [-0.25, -0.2) is 0 Å². The molecule has 4 heteroatoms. The molecule has 0 aliphatic carbocycles. The van der Waals surface area contributed by atoms with Crippen LogP contribution in [-0.2, 0) is 4.79 Å². The Kier molecular flexibility index (Phi) is 5.82. The van der Waals surface area contributed by atoms with Crippen molar-refractivity contribution in [1.82, 2.24) is 5.32 Å². The van der Waals surface area contributed by atoms with Gasteiger partial charge >= 0.3 is 5.97 Å². The lowest BCUT2D eigenvalue weighted by atomic mass is 10.0. The largest absolute Gasteiger partial charge is 0.480 e. The third kappa shape index (κ3) is 4.13. The van der Waals surface area contributed by atoms with E-state index in [0.29, 0.717) is 6.42 Å². The van der Waals surface area contributed by atoms with E-state index in [2.05, 4.69) is 5.32 Å². The predicted octanol–water partition coefficient (Wildman–Crippen LogP) is 1.95. The molecular formula is C14H21NO3. The van der Waals surface area contributed by atoms with Gasteiger partial charge in [0.05, 0.1) is 6.10 Å². The molecule has 0 saturated carbocycles. The molecule has 0 radical (unpaired) electrons. The summed E-state index contributed by atoms with van der Waals surface area (Å²) in [6, 6.07) is 8.34. The zero-order chi connectivity index (χ0) is 13.5. The first-order valence-corrected chi connectivity index (χ1v) is 6.28. The zero-order valence-corrected chi connectivity index (χ0v) is 10.8. The number of aliphatic hydroxyl groups is 1. The summed E-state index contributed by atoms with van der Waals surface area (Å²) in [7, 11) is 0. The van der Waals surface area contributed by atoms with Crippen LogP contribution in [0.3, 0.4) is 0 Å². The van der Waals surface area contributed by atoms with Crippen LogP contribution in [0.2, 0.25) is 0 Å². The second-order valence-electron chi connectivity index (χ2n) is 4.49. The third-order valence-electron chi connectivity index (χ3n) is 2.95. The van der Waals surface area contributed by atoms with Crippen LogP contribution in [0.15, 0.2) is 30.3 Å². The van der Waals surface area contributed by atoms with Crippen LogP contribution in [0, 0.1) is 0 Å². The third-order valence-corrected chi connectivity index (χ3v) is 2.95. The molecule has 1 aromatic rings. The fraction of sp³-hybridized carbons (Fsp3) is 0.500. The molecule has 0 aliphatic heterocycles. The molecule has 3 unspecified atom stereocenters. The molecule has 1 rings (SSSR count). The Morgan fingerprint density at radius 1 is 1.33 bits per heavy atom. The Labute approximate surface area is 108 Å². The van der Waals surface area contributed by atoms with Crippen molar-refractivity contribution < 1.29 is 15.0 Å². The highest BCUT2D eigenvalue weighted by atomic mass is 16.4. The lowest BCUT2D eigenvalue weighted by Crippen LogP contribution is -2.44. The second kappa shape index (κ2) is 7.13. The standard InChI is InChI=1S/C14H21NO3/c1-3-7-12(14(17)18)15-10(2)13(16)11-8-5-4-6-9-11/h4-6,8-10,12-13,15-16H,3,7H2,1-2H3,(H,17,18). The summed E-state index contributed by atoms with van der Waals surface area (Å²) in [5, 5.41) is 22.2. The van der Waals surface area contributed by atoms with Gasteiger partial charge in [0.25, 0.3) is 0 Å². The molecule has 100 valence electrons. The highest BCUT2D eigenvalue weighted by molar-refractivity contribution is 5.73. The molecule has 0 saturated heterocycles. The van der Waals surface area contributed by atoms with Gasteiger partial charge in [-0.2, -0.15) is 0 Å². The van der Waals surface area contributed by atoms with Crippen LogP contribution in [-0.4, -0.2) is 28.3 Å². The molecule has 3 N–H and O–H groups in total. The van der Waals surface area contributed by atoms with Crippen molar-refractivity contribution >= 4 is 5.97 Å². The number of carboxylic acids is 1. The Balaban J connectivity index is 2.63. The number of hydrogen-bond donors (Lipinski definition) is 3. The highest BCUT2D eigenvalue weighted by Crippen LogP contribution is 2.17. The molecule has 0 amide bonds. The number of carboxylic acid groups (broad SMARTS) is 1. The Bertz CT molecular complexity index is 367. The Morgan fingerprint density at radius 3 is 2.44 bits per heavy atom. The summed E-state index contributed by atoms with van der Waals surface area (Å²) >= 11 is 0. The maximum absolute atomic E-state index is 11.0. The van der Waals surface area contributed by atoms with Gasteiger partial charge in [-0.05, 0) is 18.9 Å². The maximum Gasteiger partial charge on any atom is 0.320 e. The minimum atomic E-state index is -0.871. The fourth-order valence-electron chi connectivity index (χ4n) is 1.91. The minimum absolute atomic E-state index is 0.306. The van der Waals surface area contributed by atoms with Crippen molar-refractivity contribution in [3.05, 3.63) is 35.9 Å². The molecular weight excluding hydrogens is 230 g/mol. The summed E-state index contributed by atoms with van der Waals surface area (Å²) < 4.78 is 0. The number of aliphatic carboxylic acids is 1. The molecule has 1 aromatic carbocycles. The van der Waals surface area contributed by atoms with Crippen LogP contribution < -0.4 is 5.32 Å².